The molecule has 0 fully saturated rings. The maximum Gasteiger partial charge on any atom is 0.102 e. The van der Waals surface area contributed by atoms with Gasteiger partial charge in [0.15, 0.2) is 0 Å². The van der Waals surface area contributed by atoms with Crippen molar-refractivity contribution in [2.75, 3.05) is 7.05 Å². The largest absolute Gasteiger partial charge is 0.347 e. The van der Waals surface area contributed by atoms with Crippen LogP contribution in [0.3, 0.4) is 0 Å². The van der Waals surface area contributed by atoms with Crippen LogP contribution in [0.25, 0.3) is 10.9 Å². The van der Waals surface area contributed by atoms with Crippen LogP contribution in [0.5, 0.6) is 0 Å². The van der Waals surface area contributed by atoms with E-state index in [2.05, 4.69) is 34.7 Å². The standard InChI is InChI=1S/C14H15N3/c1-9-13(6-15)12-4-10-7-16(2)8-11(10)5-14(12)17(9)3/h4-5H,7-8H2,1-3H3. The first-order chi connectivity index (χ1) is 8.11. The number of nitriles is 1. The Hall–Kier alpha value is -1.79. The highest BCUT2D eigenvalue weighted by atomic mass is 15.1. The van der Waals surface area contributed by atoms with E-state index in [4.69, 9.17) is 0 Å². The molecule has 1 aromatic heterocycles. The number of hydrogen-bond donors (Lipinski definition) is 0. The molecule has 1 aromatic carbocycles. The van der Waals surface area contributed by atoms with Gasteiger partial charge in [0.1, 0.15) is 6.07 Å². The molecule has 2 aromatic rings. The predicted octanol–water partition coefficient (Wildman–Crippen LogP) is 2.30. The zero-order chi connectivity index (χ0) is 12.2. The molecule has 0 atom stereocenters. The third-order valence-corrected chi connectivity index (χ3v) is 3.81. The molecule has 0 unspecified atom stereocenters. The maximum absolute atomic E-state index is 9.26. The van der Waals surface area contributed by atoms with Crippen LogP contribution in [0, 0.1) is 18.3 Å². The molecule has 0 bridgehead atoms. The molecule has 0 aliphatic carbocycles. The average Bonchev–Trinajstić information content (AvgIpc) is 2.76. The first-order valence-electron chi connectivity index (χ1n) is 5.81. The summed E-state index contributed by atoms with van der Waals surface area (Å²) in [5.74, 6) is 0. The van der Waals surface area contributed by atoms with Gasteiger partial charge in [-0.05, 0) is 37.2 Å². The fraction of sp³-hybridized carbons (Fsp3) is 0.357. The highest BCUT2D eigenvalue weighted by Crippen LogP contribution is 2.31. The van der Waals surface area contributed by atoms with Gasteiger partial charge in [-0.1, -0.05) is 0 Å². The summed E-state index contributed by atoms with van der Waals surface area (Å²) in [6, 6.07) is 6.76. The molecule has 3 heteroatoms. The molecule has 0 radical (unpaired) electrons. The Kier molecular flexibility index (Phi) is 2.04. The first-order valence-corrected chi connectivity index (χ1v) is 5.81. The average molecular weight is 225 g/mol. The van der Waals surface area contributed by atoms with Crippen LogP contribution in [0.4, 0.5) is 0 Å². The number of fused-ring (bicyclic) bond motifs is 2. The van der Waals surface area contributed by atoms with Crippen molar-refractivity contribution in [3.63, 3.8) is 0 Å². The van der Waals surface area contributed by atoms with Crippen LogP contribution in [0.1, 0.15) is 22.4 Å². The van der Waals surface area contributed by atoms with Crippen LogP contribution >= 0.6 is 0 Å². The lowest BCUT2D eigenvalue weighted by atomic mass is 10.1. The first kappa shape index (κ1) is 10.4. The molecule has 0 saturated carbocycles. The second-order valence-electron chi connectivity index (χ2n) is 4.94. The number of nitrogens with zero attached hydrogens (tertiary/aromatic N) is 3. The summed E-state index contributed by atoms with van der Waals surface area (Å²) in [7, 11) is 4.16. The fourth-order valence-corrected chi connectivity index (χ4v) is 2.77. The quantitative estimate of drug-likeness (QED) is 0.689. The van der Waals surface area contributed by atoms with Crippen LogP contribution < -0.4 is 0 Å². The van der Waals surface area contributed by atoms with E-state index in [1.807, 2.05) is 14.0 Å². The van der Waals surface area contributed by atoms with Crippen molar-refractivity contribution in [1.29, 1.82) is 5.26 Å². The molecule has 0 spiro atoms. The molecule has 0 amide bonds. The van der Waals surface area contributed by atoms with Gasteiger partial charge in [-0.2, -0.15) is 5.26 Å². The summed E-state index contributed by atoms with van der Waals surface area (Å²) in [5, 5.41) is 10.4. The Morgan fingerprint density at radius 2 is 1.82 bits per heavy atom. The lowest BCUT2D eigenvalue weighted by Gasteiger charge is -2.02. The normalized spacial score (nSPS) is 15.2. The minimum absolute atomic E-state index is 0.819. The molecule has 1 aliphatic rings. The van der Waals surface area contributed by atoms with Gasteiger partial charge in [0, 0.05) is 36.7 Å². The van der Waals surface area contributed by atoms with E-state index in [0.717, 1.165) is 29.7 Å². The van der Waals surface area contributed by atoms with Crippen molar-refractivity contribution >= 4 is 10.9 Å². The van der Waals surface area contributed by atoms with Gasteiger partial charge in [-0.15, -0.1) is 0 Å². The SMILES string of the molecule is Cc1c(C#N)c2cc3c(cc2n1C)CN(C)C3. The minimum Gasteiger partial charge on any atom is -0.347 e. The van der Waals surface area contributed by atoms with Crippen molar-refractivity contribution in [2.24, 2.45) is 7.05 Å². The maximum atomic E-state index is 9.26. The highest BCUT2D eigenvalue weighted by molar-refractivity contribution is 5.89. The third-order valence-electron chi connectivity index (χ3n) is 3.81. The molecular formula is C14H15N3. The van der Waals surface area contributed by atoms with Gasteiger partial charge in [-0.25, -0.2) is 0 Å². The summed E-state index contributed by atoms with van der Waals surface area (Å²) >= 11 is 0. The lowest BCUT2D eigenvalue weighted by molar-refractivity contribution is 0.353. The van der Waals surface area contributed by atoms with Gasteiger partial charge < -0.3 is 4.57 Å². The molecule has 86 valence electrons. The van der Waals surface area contributed by atoms with Gasteiger partial charge in [-0.3, -0.25) is 4.90 Å². The van der Waals surface area contributed by atoms with Crippen molar-refractivity contribution in [3.8, 4) is 6.07 Å². The van der Waals surface area contributed by atoms with E-state index in [9.17, 15) is 5.26 Å². The van der Waals surface area contributed by atoms with Crippen LogP contribution in [-0.2, 0) is 20.1 Å². The van der Waals surface area contributed by atoms with Crippen molar-refractivity contribution < 1.29 is 0 Å². The van der Waals surface area contributed by atoms with Gasteiger partial charge in [0.25, 0.3) is 0 Å². The molecule has 0 N–H and O–H groups in total. The van der Waals surface area contributed by atoms with E-state index >= 15 is 0 Å². The Labute approximate surface area is 101 Å². The minimum atomic E-state index is 0.819. The van der Waals surface area contributed by atoms with Crippen molar-refractivity contribution in [2.45, 2.75) is 20.0 Å². The summed E-state index contributed by atoms with van der Waals surface area (Å²) in [6.07, 6.45) is 0. The fourth-order valence-electron chi connectivity index (χ4n) is 2.77. The Morgan fingerprint density at radius 1 is 1.18 bits per heavy atom. The van der Waals surface area contributed by atoms with Gasteiger partial charge >= 0.3 is 0 Å². The van der Waals surface area contributed by atoms with Crippen molar-refractivity contribution in [1.82, 2.24) is 9.47 Å². The molecular weight excluding hydrogens is 210 g/mol. The number of rotatable bonds is 0. The van der Waals surface area contributed by atoms with E-state index in [0.29, 0.717) is 0 Å². The molecule has 17 heavy (non-hydrogen) atoms. The van der Waals surface area contributed by atoms with Crippen LogP contribution in [0.15, 0.2) is 12.1 Å². The topological polar surface area (TPSA) is 32.0 Å². The van der Waals surface area contributed by atoms with E-state index < -0.39 is 0 Å². The van der Waals surface area contributed by atoms with Crippen LogP contribution in [-0.4, -0.2) is 16.5 Å². The second-order valence-corrected chi connectivity index (χ2v) is 4.94. The van der Waals surface area contributed by atoms with E-state index in [1.54, 1.807) is 0 Å². The molecule has 0 saturated heterocycles. The Morgan fingerprint density at radius 3 is 2.47 bits per heavy atom. The third kappa shape index (κ3) is 1.31. The molecule has 3 rings (SSSR count). The van der Waals surface area contributed by atoms with Crippen LogP contribution in [0.2, 0.25) is 0 Å². The highest BCUT2D eigenvalue weighted by Gasteiger charge is 2.19. The number of aryl methyl sites for hydroxylation is 1. The zero-order valence-electron chi connectivity index (χ0n) is 10.4. The summed E-state index contributed by atoms with van der Waals surface area (Å²) < 4.78 is 2.12. The van der Waals surface area contributed by atoms with Gasteiger partial charge in [0.05, 0.1) is 5.56 Å². The van der Waals surface area contributed by atoms with E-state index in [-0.39, 0.29) is 0 Å². The van der Waals surface area contributed by atoms with Gasteiger partial charge in [0.2, 0.25) is 0 Å². The Balaban J connectivity index is 2.37. The number of benzene rings is 1. The molecule has 1 aliphatic heterocycles. The summed E-state index contributed by atoms with van der Waals surface area (Å²) in [4.78, 5) is 2.29. The molecule has 3 nitrogen and oxygen atoms in total. The Bertz CT molecular complexity index is 658. The monoisotopic (exact) mass is 225 g/mol. The van der Waals surface area contributed by atoms with Crippen molar-refractivity contribution in [3.05, 3.63) is 34.5 Å². The summed E-state index contributed by atoms with van der Waals surface area (Å²) in [6.45, 7) is 4.01. The lowest BCUT2D eigenvalue weighted by Crippen LogP contribution is -2.07. The van der Waals surface area contributed by atoms with E-state index in [1.165, 1.54) is 16.6 Å². The number of aromatic nitrogens is 1. The zero-order valence-corrected chi connectivity index (χ0v) is 10.4. The predicted molar refractivity (Wildman–Crippen MR) is 67.5 cm³/mol. The number of hydrogen-bond acceptors (Lipinski definition) is 2. The smallest absolute Gasteiger partial charge is 0.102 e. The summed E-state index contributed by atoms with van der Waals surface area (Å²) in [5.41, 5.74) is 5.81. The molecule has 2 heterocycles. The second kappa shape index (κ2) is 3.35.